The number of allylic oxidation sites excluding steroid dienone is 1. The van der Waals surface area contributed by atoms with Gasteiger partial charge in [-0.2, -0.15) is 0 Å². The first-order valence-electron chi connectivity index (χ1n) is 10.2. The number of aliphatic hydroxyl groups is 2. The number of aliphatic hydroxyl groups excluding tert-OH is 2. The van der Waals surface area contributed by atoms with E-state index in [1.54, 1.807) is 0 Å². The van der Waals surface area contributed by atoms with Gasteiger partial charge in [0.1, 0.15) is 12.1 Å². The monoisotopic (exact) mass is 342 g/mol. The maximum Gasteiger partial charge on any atom is 0.142 e. The van der Waals surface area contributed by atoms with E-state index in [0.717, 1.165) is 6.42 Å². The van der Waals surface area contributed by atoms with Gasteiger partial charge in [0, 0.05) is 0 Å². The molecule has 0 aliphatic rings. The first-order chi connectivity index (χ1) is 11.4. The fraction of sp³-hybridized carbons (Fsp3) is 0.905. The minimum absolute atomic E-state index is 0.00739. The molecule has 0 amide bonds. The zero-order valence-corrected chi connectivity index (χ0v) is 16.8. The van der Waals surface area contributed by atoms with Crippen LogP contribution in [0.4, 0.5) is 0 Å². The van der Waals surface area contributed by atoms with Crippen LogP contribution in [0.2, 0.25) is 0 Å². The third-order valence-corrected chi connectivity index (χ3v) is 4.88. The third-order valence-electron chi connectivity index (χ3n) is 4.88. The van der Waals surface area contributed by atoms with Gasteiger partial charge < -0.3 is 14.7 Å². The first kappa shape index (κ1) is 23.6. The number of hydrogen-bond donors (Lipinski definition) is 2. The van der Waals surface area contributed by atoms with Crippen LogP contribution in [0.3, 0.4) is 0 Å². The highest BCUT2D eigenvalue weighted by Gasteiger charge is 2.28. The van der Waals surface area contributed by atoms with Gasteiger partial charge in [-0.05, 0) is 12.8 Å². The molecule has 0 fully saturated rings. The molecule has 0 heterocycles. The molecule has 0 aromatic carbocycles. The van der Waals surface area contributed by atoms with E-state index in [2.05, 4.69) is 13.0 Å². The summed E-state index contributed by atoms with van der Waals surface area (Å²) in [6, 6.07) is -0.154. The lowest BCUT2D eigenvalue weighted by atomic mass is 10.0. The smallest absolute Gasteiger partial charge is 0.142 e. The van der Waals surface area contributed by atoms with Crippen LogP contribution in [0, 0.1) is 0 Å². The summed E-state index contributed by atoms with van der Waals surface area (Å²) < 4.78 is 0.570. The normalized spacial score (nSPS) is 15.1. The van der Waals surface area contributed by atoms with Crippen molar-refractivity contribution in [3.05, 3.63) is 12.2 Å². The Morgan fingerprint density at radius 2 is 1.25 bits per heavy atom. The number of nitrogens with zero attached hydrogens (tertiary/aromatic N) is 1. The van der Waals surface area contributed by atoms with Gasteiger partial charge in [-0.3, -0.25) is 0 Å². The third kappa shape index (κ3) is 13.0. The second-order valence-corrected chi connectivity index (χ2v) is 8.11. The van der Waals surface area contributed by atoms with Crippen molar-refractivity contribution in [3.8, 4) is 0 Å². The van der Waals surface area contributed by atoms with Gasteiger partial charge in [0.2, 0.25) is 0 Å². The Morgan fingerprint density at radius 3 is 1.67 bits per heavy atom. The van der Waals surface area contributed by atoms with E-state index in [0.29, 0.717) is 4.48 Å². The molecule has 0 radical (unpaired) electrons. The molecular weight excluding hydrogens is 298 g/mol. The molecule has 0 aliphatic heterocycles. The summed E-state index contributed by atoms with van der Waals surface area (Å²) in [5.41, 5.74) is 0. The minimum atomic E-state index is -0.567. The summed E-state index contributed by atoms with van der Waals surface area (Å²) in [7, 11) is 6.01. The van der Waals surface area contributed by atoms with Crippen molar-refractivity contribution in [1.82, 2.24) is 0 Å². The summed E-state index contributed by atoms with van der Waals surface area (Å²) in [6.45, 7) is 2.28. The number of rotatable bonds is 16. The SMILES string of the molecule is CCCCCCCCCCCCC/C=C/C(O)[C@H](CO)[N+](C)(C)C. The topological polar surface area (TPSA) is 40.5 Å². The molecule has 0 aromatic heterocycles. The van der Waals surface area contributed by atoms with E-state index in [1.807, 2.05) is 27.2 Å². The Kier molecular flexibility index (Phi) is 14.7. The van der Waals surface area contributed by atoms with Crippen LogP contribution >= 0.6 is 0 Å². The molecule has 0 rings (SSSR count). The summed E-state index contributed by atoms with van der Waals surface area (Å²) >= 11 is 0. The largest absolute Gasteiger partial charge is 0.390 e. The molecule has 0 aliphatic carbocycles. The molecule has 0 aromatic rings. The maximum absolute atomic E-state index is 10.2. The van der Waals surface area contributed by atoms with E-state index in [1.165, 1.54) is 70.6 Å². The molecule has 0 bridgehead atoms. The second kappa shape index (κ2) is 14.9. The van der Waals surface area contributed by atoms with Crippen LogP contribution in [0.5, 0.6) is 0 Å². The minimum Gasteiger partial charge on any atom is -0.390 e. The van der Waals surface area contributed by atoms with Crippen molar-refractivity contribution >= 4 is 0 Å². The molecule has 0 saturated heterocycles. The number of quaternary nitrogens is 1. The lowest BCUT2D eigenvalue weighted by Gasteiger charge is -2.34. The maximum atomic E-state index is 10.2. The highest BCUT2D eigenvalue weighted by atomic mass is 16.3. The Hall–Kier alpha value is -0.380. The van der Waals surface area contributed by atoms with Gasteiger partial charge >= 0.3 is 0 Å². The number of likely N-dealkylation sites (N-methyl/N-ethyl adjacent to an activating group) is 1. The molecule has 0 spiro atoms. The van der Waals surface area contributed by atoms with Crippen LogP contribution in [-0.2, 0) is 0 Å². The fourth-order valence-electron chi connectivity index (χ4n) is 3.10. The van der Waals surface area contributed by atoms with Gasteiger partial charge in [0.05, 0.1) is 27.7 Å². The first-order valence-corrected chi connectivity index (χ1v) is 10.2. The Bertz CT molecular complexity index is 297. The van der Waals surface area contributed by atoms with Crippen LogP contribution in [-0.4, -0.2) is 54.6 Å². The highest BCUT2D eigenvalue weighted by molar-refractivity contribution is 4.92. The van der Waals surface area contributed by atoms with Crippen LogP contribution in [0.15, 0.2) is 12.2 Å². The van der Waals surface area contributed by atoms with E-state index in [4.69, 9.17) is 0 Å². The average molecular weight is 343 g/mol. The Labute approximate surface area is 151 Å². The van der Waals surface area contributed by atoms with Gasteiger partial charge in [0.25, 0.3) is 0 Å². The summed E-state index contributed by atoms with van der Waals surface area (Å²) in [6.07, 6.45) is 19.4. The fourth-order valence-corrected chi connectivity index (χ4v) is 3.10. The predicted molar refractivity (Wildman–Crippen MR) is 105 cm³/mol. The molecule has 1 unspecified atom stereocenters. The van der Waals surface area contributed by atoms with E-state index >= 15 is 0 Å². The summed E-state index contributed by atoms with van der Waals surface area (Å²) in [5, 5.41) is 19.6. The lowest BCUT2D eigenvalue weighted by Crippen LogP contribution is -2.53. The standard InChI is InChI=1S/C21H44NO2/c1-5-6-7-8-9-10-11-12-13-14-15-16-17-18-21(24)20(19-23)22(2,3)4/h17-18,20-21,23-24H,5-16,19H2,1-4H3/q+1/b18-17+/t20-,21?/m0/s1. The van der Waals surface area contributed by atoms with Crippen LogP contribution < -0.4 is 0 Å². The van der Waals surface area contributed by atoms with Crippen LogP contribution in [0.1, 0.15) is 84.0 Å². The van der Waals surface area contributed by atoms with Gasteiger partial charge in [-0.15, -0.1) is 0 Å². The van der Waals surface area contributed by atoms with E-state index < -0.39 is 6.10 Å². The van der Waals surface area contributed by atoms with Crippen molar-refractivity contribution in [2.45, 2.75) is 96.1 Å². The van der Waals surface area contributed by atoms with Gasteiger partial charge in [-0.1, -0.05) is 83.3 Å². The molecule has 2 atom stereocenters. The zero-order chi connectivity index (χ0) is 18.3. The molecular formula is C21H44NO2+. The number of hydrogen-bond acceptors (Lipinski definition) is 2. The molecule has 24 heavy (non-hydrogen) atoms. The van der Waals surface area contributed by atoms with Gasteiger partial charge in [-0.25, -0.2) is 0 Å². The summed E-state index contributed by atoms with van der Waals surface area (Å²) in [5.74, 6) is 0. The summed E-state index contributed by atoms with van der Waals surface area (Å²) in [4.78, 5) is 0. The van der Waals surface area contributed by atoms with Gasteiger partial charge in [0.15, 0.2) is 0 Å². The average Bonchev–Trinajstić information content (AvgIpc) is 2.51. The lowest BCUT2D eigenvalue weighted by molar-refractivity contribution is -0.899. The van der Waals surface area contributed by atoms with Crippen molar-refractivity contribution in [3.63, 3.8) is 0 Å². The van der Waals surface area contributed by atoms with Crippen molar-refractivity contribution in [2.75, 3.05) is 27.7 Å². The van der Waals surface area contributed by atoms with Crippen LogP contribution in [0.25, 0.3) is 0 Å². The molecule has 3 nitrogen and oxygen atoms in total. The second-order valence-electron chi connectivity index (χ2n) is 8.11. The highest BCUT2D eigenvalue weighted by Crippen LogP contribution is 2.13. The Morgan fingerprint density at radius 1 is 0.792 bits per heavy atom. The van der Waals surface area contributed by atoms with Crippen molar-refractivity contribution < 1.29 is 14.7 Å². The quantitative estimate of drug-likeness (QED) is 0.243. The van der Waals surface area contributed by atoms with E-state index in [9.17, 15) is 10.2 Å². The van der Waals surface area contributed by atoms with Crippen molar-refractivity contribution in [1.29, 1.82) is 0 Å². The predicted octanol–water partition coefficient (Wildman–Crippen LogP) is 4.67. The Balaban J connectivity index is 3.52. The zero-order valence-electron chi connectivity index (χ0n) is 16.8. The molecule has 0 saturated carbocycles. The number of unbranched alkanes of at least 4 members (excludes halogenated alkanes) is 11. The molecule has 2 N–H and O–H groups in total. The van der Waals surface area contributed by atoms with E-state index in [-0.39, 0.29) is 12.6 Å². The molecule has 144 valence electrons. The molecule has 3 heteroatoms. The van der Waals surface area contributed by atoms with Crippen molar-refractivity contribution in [2.24, 2.45) is 0 Å².